The van der Waals surface area contributed by atoms with E-state index < -0.39 is 0 Å². The van der Waals surface area contributed by atoms with Crippen molar-refractivity contribution in [1.82, 2.24) is 0 Å². The van der Waals surface area contributed by atoms with Gasteiger partial charge in [-0.15, -0.1) is 0 Å². The lowest BCUT2D eigenvalue weighted by Crippen LogP contribution is -2.10. The number of hydrogen-bond donors (Lipinski definition) is 2. The fraction of sp³-hybridized carbons (Fsp3) is 0.500. The maximum Gasteiger partial charge on any atom is 0.0580 e. The Morgan fingerprint density at radius 1 is 0.500 bits per heavy atom. The van der Waals surface area contributed by atoms with Crippen LogP contribution < -0.4 is 0 Å². The van der Waals surface area contributed by atoms with Crippen molar-refractivity contribution in [2.75, 3.05) is 0 Å². The summed E-state index contributed by atoms with van der Waals surface area (Å²) in [6.07, 6.45) is 9.93. The molecule has 0 radical (unpaired) electrons. The van der Waals surface area contributed by atoms with Crippen LogP contribution in [0.4, 0.5) is 0 Å². The van der Waals surface area contributed by atoms with Crippen LogP contribution in [0.5, 0.6) is 0 Å². The monoisotopic (exact) mass is 354 g/mol. The average molecular weight is 355 g/mol. The first-order valence-electron chi connectivity index (χ1n) is 10.2. The highest BCUT2D eigenvalue weighted by molar-refractivity contribution is 5.16. The standard InChI is InChI=1S/C24H34O2/c25-23(19-21-13-7-5-8-14-21)17-11-3-1-2-4-12-18-24(26)20-22-15-9-6-10-16-22/h5-10,13-16,23-26H,1-4,11-12,17-20H2/t23-,24-/m1/s1. The Bertz CT molecular complexity index is 514. The Labute approximate surface area is 158 Å². The molecule has 0 aliphatic carbocycles. The molecule has 2 aromatic carbocycles. The molecule has 0 bridgehead atoms. The maximum atomic E-state index is 10.1. The minimum Gasteiger partial charge on any atom is -0.393 e. The van der Waals surface area contributed by atoms with Gasteiger partial charge < -0.3 is 10.2 Å². The van der Waals surface area contributed by atoms with Crippen LogP contribution in [0.2, 0.25) is 0 Å². The molecule has 0 aliphatic rings. The van der Waals surface area contributed by atoms with Gasteiger partial charge in [0.2, 0.25) is 0 Å². The predicted octanol–water partition coefficient (Wildman–Crippen LogP) is 5.31. The molecule has 0 spiro atoms. The number of rotatable bonds is 13. The van der Waals surface area contributed by atoms with Crippen LogP contribution >= 0.6 is 0 Å². The maximum absolute atomic E-state index is 10.1. The molecule has 2 N–H and O–H groups in total. The molecule has 2 rings (SSSR count). The summed E-state index contributed by atoms with van der Waals surface area (Å²) in [5.74, 6) is 0. The molecular formula is C24H34O2. The number of unbranched alkanes of at least 4 members (excludes halogenated alkanes) is 5. The van der Waals surface area contributed by atoms with Gasteiger partial charge in [0.05, 0.1) is 12.2 Å². The normalized spacial score (nSPS) is 13.5. The topological polar surface area (TPSA) is 40.5 Å². The van der Waals surface area contributed by atoms with Gasteiger partial charge in [-0.25, -0.2) is 0 Å². The summed E-state index contributed by atoms with van der Waals surface area (Å²) in [5, 5.41) is 20.2. The van der Waals surface area contributed by atoms with E-state index in [-0.39, 0.29) is 12.2 Å². The van der Waals surface area contributed by atoms with Gasteiger partial charge in [0.15, 0.2) is 0 Å². The summed E-state index contributed by atoms with van der Waals surface area (Å²) in [7, 11) is 0. The number of aliphatic hydroxyl groups is 2. The third kappa shape index (κ3) is 9.17. The fourth-order valence-electron chi connectivity index (χ4n) is 3.44. The second kappa shape index (κ2) is 12.7. The Morgan fingerprint density at radius 3 is 1.23 bits per heavy atom. The van der Waals surface area contributed by atoms with E-state index in [1.807, 2.05) is 36.4 Å². The van der Waals surface area contributed by atoms with Gasteiger partial charge in [0.1, 0.15) is 0 Å². The molecule has 0 fully saturated rings. The van der Waals surface area contributed by atoms with Gasteiger partial charge in [-0.1, -0.05) is 99.2 Å². The van der Waals surface area contributed by atoms with Crippen LogP contribution in [0.3, 0.4) is 0 Å². The van der Waals surface area contributed by atoms with E-state index in [0.29, 0.717) is 0 Å². The molecule has 0 unspecified atom stereocenters. The lowest BCUT2D eigenvalue weighted by Gasteiger charge is -2.11. The number of aliphatic hydroxyl groups excluding tert-OH is 2. The first kappa shape index (κ1) is 20.7. The van der Waals surface area contributed by atoms with Crippen molar-refractivity contribution in [2.45, 2.75) is 76.4 Å². The smallest absolute Gasteiger partial charge is 0.0580 e. The van der Waals surface area contributed by atoms with E-state index in [2.05, 4.69) is 24.3 Å². The summed E-state index contributed by atoms with van der Waals surface area (Å²) in [5.41, 5.74) is 2.43. The summed E-state index contributed by atoms with van der Waals surface area (Å²) < 4.78 is 0. The largest absolute Gasteiger partial charge is 0.393 e. The van der Waals surface area contributed by atoms with E-state index in [1.54, 1.807) is 0 Å². The van der Waals surface area contributed by atoms with Gasteiger partial charge in [0, 0.05) is 0 Å². The SMILES string of the molecule is O[C@H](CCCCCCCC[C@@H](O)Cc1ccccc1)Cc1ccccc1. The minimum absolute atomic E-state index is 0.217. The minimum atomic E-state index is -0.217. The molecule has 0 aromatic heterocycles. The Kier molecular flexibility index (Phi) is 10.1. The highest BCUT2D eigenvalue weighted by Crippen LogP contribution is 2.14. The number of hydrogen-bond acceptors (Lipinski definition) is 2. The molecule has 2 heteroatoms. The highest BCUT2D eigenvalue weighted by atomic mass is 16.3. The quantitative estimate of drug-likeness (QED) is 0.478. The molecule has 0 saturated carbocycles. The molecule has 142 valence electrons. The van der Waals surface area contributed by atoms with Gasteiger partial charge in [-0.2, -0.15) is 0 Å². The molecule has 26 heavy (non-hydrogen) atoms. The van der Waals surface area contributed by atoms with E-state index in [1.165, 1.54) is 36.8 Å². The molecule has 2 nitrogen and oxygen atoms in total. The molecule has 0 heterocycles. The van der Waals surface area contributed by atoms with Crippen molar-refractivity contribution >= 4 is 0 Å². The van der Waals surface area contributed by atoms with Crippen molar-refractivity contribution in [2.24, 2.45) is 0 Å². The molecular weight excluding hydrogens is 320 g/mol. The Balaban J connectivity index is 1.42. The van der Waals surface area contributed by atoms with Gasteiger partial charge in [0.25, 0.3) is 0 Å². The lowest BCUT2D eigenvalue weighted by molar-refractivity contribution is 0.159. The van der Waals surface area contributed by atoms with Crippen molar-refractivity contribution in [1.29, 1.82) is 0 Å². The Hall–Kier alpha value is -1.64. The van der Waals surface area contributed by atoms with E-state index >= 15 is 0 Å². The lowest BCUT2D eigenvalue weighted by atomic mass is 10.0. The van der Waals surface area contributed by atoms with Crippen LogP contribution in [0.25, 0.3) is 0 Å². The zero-order valence-electron chi connectivity index (χ0n) is 15.9. The van der Waals surface area contributed by atoms with Gasteiger partial charge >= 0.3 is 0 Å². The van der Waals surface area contributed by atoms with Crippen LogP contribution in [-0.2, 0) is 12.8 Å². The van der Waals surface area contributed by atoms with E-state index in [4.69, 9.17) is 0 Å². The average Bonchev–Trinajstić information content (AvgIpc) is 2.65. The molecule has 0 amide bonds. The third-order valence-corrected chi connectivity index (χ3v) is 4.95. The molecule has 0 aliphatic heterocycles. The van der Waals surface area contributed by atoms with Crippen LogP contribution in [0.15, 0.2) is 60.7 Å². The van der Waals surface area contributed by atoms with E-state index in [9.17, 15) is 10.2 Å². The van der Waals surface area contributed by atoms with Crippen LogP contribution in [0, 0.1) is 0 Å². The van der Waals surface area contributed by atoms with Crippen molar-refractivity contribution in [3.05, 3.63) is 71.8 Å². The van der Waals surface area contributed by atoms with E-state index in [0.717, 1.165) is 38.5 Å². The van der Waals surface area contributed by atoms with Crippen LogP contribution in [0.1, 0.15) is 62.5 Å². The zero-order valence-corrected chi connectivity index (χ0v) is 15.9. The van der Waals surface area contributed by atoms with Gasteiger partial charge in [-0.3, -0.25) is 0 Å². The summed E-state index contributed by atoms with van der Waals surface area (Å²) >= 11 is 0. The summed E-state index contributed by atoms with van der Waals surface area (Å²) in [4.78, 5) is 0. The highest BCUT2D eigenvalue weighted by Gasteiger charge is 2.06. The summed E-state index contributed by atoms with van der Waals surface area (Å²) in [6.45, 7) is 0. The first-order chi connectivity index (χ1) is 12.7. The second-order valence-electron chi connectivity index (χ2n) is 7.39. The first-order valence-corrected chi connectivity index (χ1v) is 10.2. The molecule has 0 saturated heterocycles. The van der Waals surface area contributed by atoms with Crippen molar-refractivity contribution in [3.63, 3.8) is 0 Å². The fourth-order valence-corrected chi connectivity index (χ4v) is 3.44. The summed E-state index contributed by atoms with van der Waals surface area (Å²) in [6, 6.07) is 20.4. The van der Waals surface area contributed by atoms with Crippen LogP contribution in [-0.4, -0.2) is 22.4 Å². The zero-order chi connectivity index (χ0) is 18.5. The predicted molar refractivity (Wildman–Crippen MR) is 109 cm³/mol. The molecule has 2 aromatic rings. The number of benzene rings is 2. The second-order valence-corrected chi connectivity index (χ2v) is 7.39. The van der Waals surface area contributed by atoms with Crippen molar-refractivity contribution < 1.29 is 10.2 Å². The van der Waals surface area contributed by atoms with Crippen molar-refractivity contribution in [3.8, 4) is 0 Å². The van der Waals surface area contributed by atoms with Gasteiger partial charge in [-0.05, 0) is 36.8 Å². The third-order valence-electron chi connectivity index (χ3n) is 4.95. The molecule has 2 atom stereocenters. The Morgan fingerprint density at radius 2 is 0.846 bits per heavy atom.